The van der Waals surface area contributed by atoms with E-state index in [9.17, 15) is 5.11 Å². The van der Waals surface area contributed by atoms with Crippen LogP contribution in [0.15, 0.2) is 36.4 Å². The molecule has 3 nitrogen and oxygen atoms in total. The second kappa shape index (κ2) is 7.69. The molecule has 1 aliphatic rings. The predicted molar refractivity (Wildman–Crippen MR) is 98.5 cm³/mol. The molecule has 0 aliphatic carbocycles. The van der Waals surface area contributed by atoms with E-state index >= 15 is 0 Å². The maximum absolute atomic E-state index is 10.4. The fraction of sp³-hybridized carbons (Fsp3) is 0.579. The lowest BCUT2D eigenvalue weighted by Crippen LogP contribution is -2.59. The fourth-order valence-corrected chi connectivity index (χ4v) is 3.26. The minimum absolute atomic E-state index is 0. The van der Waals surface area contributed by atoms with Crippen molar-refractivity contribution in [3.05, 3.63) is 42.0 Å². The summed E-state index contributed by atoms with van der Waals surface area (Å²) in [7, 11) is 0. The quantitative estimate of drug-likeness (QED) is 0.824. The van der Waals surface area contributed by atoms with Crippen molar-refractivity contribution in [2.45, 2.75) is 58.2 Å². The number of benzene rings is 1. The van der Waals surface area contributed by atoms with Crippen LogP contribution < -0.4 is 4.74 Å². The number of rotatable bonds is 5. The van der Waals surface area contributed by atoms with Crippen LogP contribution in [0.4, 0.5) is 0 Å². The number of β-amino-alcohol motifs (C(OH)–C–C–N with tert-alkyl or cyclic N) is 1. The van der Waals surface area contributed by atoms with E-state index < -0.39 is 6.10 Å². The third-order valence-corrected chi connectivity index (χ3v) is 4.39. The van der Waals surface area contributed by atoms with Gasteiger partial charge in [-0.1, -0.05) is 24.3 Å². The van der Waals surface area contributed by atoms with Crippen LogP contribution in [-0.2, 0) is 0 Å². The van der Waals surface area contributed by atoms with Gasteiger partial charge in [-0.05, 0) is 58.7 Å². The highest BCUT2D eigenvalue weighted by molar-refractivity contribution is 5.85. The van der Waals surface area contributed by atoms with Crippen molar-refractivity contribution < 1.29 is 9.84 Å². The summed E-state index contributed by atoms with van der Waals surface area (Å²) >= 11 is 0. The van der Waals surface area contributed by atoms with Crippen LogP contribution in [0.3, 0.4) is 0 Å². The second-order valence-corrected chi connectivity index (χ2v) is 7.46. The zero-order valence-corrected chi connectivity index (χ0v) is 15.7. The zero-order chi connectivity index (χ0) is 16.4. The van der Waals surface area contributed by atoms with Gasteiger partial charge in [0.1, 0.15) is 18.5 Å². The van der Waals surface area contributed by atoms with Gasteiger partial charge in [-0.3, -0.25) is 4.90 Å². The molecule has 0 aromatic heterocycles. The number of halogens is 1. The van der Waals surface area contributed by atoms with Gasteiger partial charge in [-0.15, -0.1) is 12.4 Å². The van der Waals surface area contributed by atoms with Gasteiger partial charge in [0.2, 0.25) is 0 Å². The van der Waals surface area contributed by atoms with E-state index in [1.165, 1.54) is 0 Å². The van der Waals surface area contributed by atoms with Crippen LogP contribution in [0.1, 0.15) is 39.7 Å². The Labute approximate surface area is 146 Å². The zero-order valence-electron chi connectivity index (χ0n) is 14.9. The highest BCUT2D eigenvalue weighted by atomic mass is 35.5. The number of ether oxygens (including phenoxy) is 1. The van der Waals surface area contributed by atoms with Crippen LogP contribution in [0.25, 0.3) is 0 Å². The number of hydrogen-bond acceptors (Lipinski definition) is 3. The summed E-state index contributed by atoms with van der Waals surface area (Å²) in [6, 6.07) is 7.93. The first-order valence-electron chi connectivity index (χ1n) is 8.04. The van der Waals surface area contributed by atoms with Crippen LogP contribution in [-0.4, -0.2) is 40.3 Å². The first kappa shape index (κ1) is 20.0. The average Bonchev–Trinajstić information content (AvgIpc) is 2.40. The van der Waals surface area contributed by atoms with Crippen molar-refractivity contribution in [2.24, 2.45) is 0 Å². The topological polar surface area (TPSA) is 32.7 Å². The van der Waals surface area contributed by atoms with E-state index in [0.717, 1.165) is 17.7 Å². The lowest BCUT2D eigenvalue weighted by molar-refractivity contribution is -0.0190. The third kappa shape index (κ3) is 5.23. The van der Waals surface area contributed by atoms with Crippen molar-refractivity contribution in [1.29, 1.82) is 0 Å². The molecule has 1 heterocycles. The standard InChI is InChI=1S/C19H29NO2.ClH/c1-15-8-6-9-17(12-15)22-14-16(21)13-20-18(2,3)10-7-11-19(20,4)5;/h6-10,12,16,21H,11,13-14H2,1-5H3;1H. The molecule has 1 aliphatic heterocycles. The molecule has 0 saturated heterocycles. The monoisotopic (exact) mass is 339 g/mol. The van der Waals surface area contributed by atoms with Crippen molar-refractivity contribution in [3.63, 3.8) is 0 Å². The number of aryl methyl sites for hydroxylation is 1. The predicted octanol–water partition coefficient (Wildman–Crippen LogP) is 3.98. The van der Waals surface area contributed by atoms with E-state index in [1.54, 1.807) is 0 Å². The molecule has 0 saturated carbocycles. The van der Waals surface area contributed by atoms with Gasteiger partial charge < -0.3 is 9.84 Å². The summed E-state index contributed by atoms with van der Waals surface area (Å²) in [6.07, 6.45) is 4.96. The van der Waals surface area contributed by atoms with Gasteiger partial charge in [-0.2, -0.15) is 0 Å². The Kier molecular flexibility index (Phi) is 6.70. The van der Waals surface area contributed by atoms with Crippen molar-refractivity contribution in [1.82, 2.24) is 4.90 Å². The first-order chi connectivity index (χ1) is 10.2. The summed E-state index contributed by atoms with van der Waals surface area (Å²) in [5, 5.41) is 10.4. The smallest absolute Gasteiger partial charge is 0.119 e. The highest BCUT2D eigenvalue weighted by Crippen LogP contribution is 2.33. The number of hydrogen-bond donors (Lipinski definition) is 1. The molecule has 23 heavy (non-hydrogen) atoms. The van der Waals surface area contributed by atoms with Crippen LogP contribution in [0.2, 0.25) is 0 Å². The maximum atomic E-state index is 10.4. The molecule has 1 N–H and O–H groups in total. The molecule has 1 atom stereocenters. The summed E-state index contributed by atoms with van der Waals surface area (Å²) in [4.78, 5) is 2.37. The largest absolute Gasteiger partial charge is 0.491 e. The Morgan fingerprint density at radius 1 is 1.26 bits per heavy atom. The summed E-state index contributed by atoms with van der Waals surface area (Å²) in [5.41, 5.74) is 1.16. The molecule has 130 valence electrons. The van der Waals surface area contributed by atoms with E-state index in [4.69, 9.17) is 4.74 Å². The highest BCUT2D eigenvalue weighted by Gasteiger charge is 2.39. The number of nitrogens with zero attached hydrogens (tertiary/aromatic N) is 1. The molecule has 1 unspecified atom stereocenters. The minimum atomic E-state index is -0.509. The van der Waals surface area contributed by atoms with Crippen molar-refractivity contribution in [2.75, 3.05) is 13.2 Å². The molecular weight excluding hydrogens is 310 g/mol. The van der Waals surface area contributed by atoms with Crippen LogP contribution in [0, 0.1) is 6.92 Å². The Morgan fingerprint density at radius 2 is 1.96 bits per heavy atom. The lowest BCUT2D eigenvalue weighted by Gasteiger charge is -2.50. The summed E-state index contributed by atoms with van der Waals surface area (Å²) < 4.78 is 5.73. The van der Waals surface area contributed by atoms with Gasteiger partial charge in [0.15, 0.2) is 0 Å². The molecule has 0 fully saturated rings. The molecule has 0 amide bonds. The van der Waals surface area contributed by atoms with Crippen molar-refractivity contribution >= 4 is 12.4 Å². The third-order valence-electron chi connectivity index (χ3n) is 4.39. The van der Waals surface area contributed by atoms with Gasteiger partial charge in [0.05, 0.1) is 0 Å². The molecular formula is C19H30ClNO2. The molecule has 0 bridgehead atoms. The lowest BCUT2D eigenvalue weighted by atomic mass is 9.84. The Morgan fingerprint density at radius 3 is 2.57 bits per heavy atom. The van der Waals surface area contributed by atoms with Crippen LogP contribution >= 0.6 is 12.4 Å². The summed E-state index contributed by atoms with van der Waals surface area (Å²) in [5.74, 6) is 0.816. The first-order valence-corrected chi connectivity index (χ1v) is 8.04. The van der Waals surface area contributed by atoms with E-state index in [1.807, 2.05) is 31.2 Å². The molecule has 2 rings (SSSR count). The summed E-state index contributed by atoms with van der Waals surface area (Å²) in [6.45, 7) is 11.8. The Balaban J connectivity index is 0.00000264. The van der Waals surface area contributed by atoms with E-state index in [0.29, 0.717) is 13.2 Å². The van der Waals surface area contributed by atoms with Crippen LogP contribution in [0.5, 0.6) is 5.75 Å². The number of aliphatic hydroxyl groups is 1. The van der Waals surface area contributed by atoms with Crippen molar-refractivity contribution in [3.8, 4) is 5.75 Å². The fourth-order valence-electron chi connectivity index (χ4n) is 3.26. The van der Waals surface area contributed by atoms with Gasteiger partial charge in [0.25, 0.3) is 0 Å². The van der Waals surface area contributed by atoms with E-state index in [2.05, 4.69) is 44.7 Å². The minimum Gasteiger partial charge on any atom is -0.491 e. The second-order valence-electron chi connectivity index (χ2n) is 7.46. The SMILES string of the molecule is Cc1cccc(OCC(O)CN2C(C)(C)C=CCC2(C)C)c1.Cl. The van der Waals surface area contributed by atoms with E-state index in [-0.39, 0.29) is 23.5 Å². The maximum Gasteiger partial charge on any atom is 0.119 e. The molecule has 0 radical (unpaired) electrons. The normalized spacial score (nSPS) is 20.6. The average molecular weight is 340 g/mol. The van der Waals surface area contributed by atoms with Gasteiger partial charge in [-0.25, -0.2) is 0 Å². The Bertz CT molecular complexity index is 540. The molecule has 1 aromatic carbocycles. The molecule has 4 heteroatoms. The van der Waals surface area contributed by atoms with Gasteiger partial charge in [0, 0.05) is 17.6 Å². The Hall–Kier alpha value is -1.03. The molecule has 1 aromatic rings. The van der Waals surface area contributed by atoms with Gasteiger partial charge >= 0.3 is 0 Å². The molecule has 0 spiro atoms. The number of aliphatic hydroxyl groups excluding tert-OH is 1.